The maximum absolute atomic E-state index is 12.3. The van der Waals surface area contributed by atoms with E-state index in [-0.39, 0.29) is 0 Å². The highest BCUT2D eigenvalue weighted by Crippen LogP contribution is 2.27. The van der Waals surface area contributed by atoms with Crippen LogP contribution in [0.1, 0.15) is 11.1 Å². The molecule has 172 valence electrons. The molecule has 3 aromatic carbocycles. The molecule has 0 radical (unpaired) electrons. The number of ether oxygens (including phenoxy) is 1. The molecule has 0 atom stereocenters. The smallest absolute Gasteiger partial charge is 0.331 e. The largest absolute Gasteiger partial charge is 0.452 e. The SMILES string of the molecule is N#Cc1ccc(NC(=O)COC(=O)C=Cc2cn(-c3ccccc3)nc2-c2cccc(Cl)c2)cc1. The Morgan fingerprint density at radius 1 is 1.06 bits per heavy atom. The summed E-state index contributed by atoms with van der Waals surface area (Å²) >= 11 is 6.16. The molecule has 0 saturated carbocycles. The third-order valence-corrected chi connectivity index (χ3v) is 5.14. The number of esters is 1. The van der Waals surface area contributed by atoms with Crippen LogP contribution in [0.25, 0.3) is 23.0 Å². The fourth-order valence-corrected chi connectivity index (χ4v) is 3.44. The number of aromatic nitrogens is 2. The van der Waals surface area contributed by atoms with E-state index in [1.54, 1.807) is 53.4 Å². The van der Waals surface area contributed by atoms with Crippen molar-refractivity contribution in [1.82, 2.24) is 9.78 Å². The van der Waals surface area contributed by atoms with Crippen molar-refractivity contribution in [3.05, 3.63) is 107 Å². The Morgan fingerprint density at radius 2 is 1.83 bits per heavy atom. The van der Waals surface area contributed by atoms with E-state index in [9.17, 15) is 9.59 Å². The van der Waals surface area contributed by atoms with Crippen LogP contribution in [0.3, 0.4) is 0 Å². The van der Waals surface area contributed by atoms with E-state index in [4.69, 9.17) is 21.6 Å². The van der Waals surface area contributed by atoms with Gasteiger partial charge in [-0.3, -0.25) is 4.79 Å². The van der Waals surface area contributed by atoms with Crippen LogP contribution >= 0.6 is 11.6 Å². The van der Waals surface area contributed by atoms with Gasteiger partial charge < -0.3 is 10.1 Å². The molecule has 8 heteroatoms. The minimum Gasteiger partial charge on any atom is -0.452 e. The number of anilines is 1. The van der Waals surface area contributed by atoms with Crippen LogP contribution < -0.4 is 5.32 Å². The summed E-state index contributed by atoms with van der Waals surface area (Å²) in [4.78, 5) is 24.3. The average Bonchev–Trinajstić information content (AvgIpc) is 3.32. The van der Waals surface area contributed by atoms with Gasteiger partial charge in [-0.1, -0.05) is 41.9 Å². The van der Waals surface area contributed by atoms with Crippen molar-refractivity contribution in [2.45, 2.75) is 0 Å². The zero-order valence-corrected chi connectivity index (χ0v) is 19.1. The van der Waals surface area contributed by atoms with E-state index in [1.165, 1.54) is 6.08 Å². The Morgan fingerprint density at radius 3 is 2.54 bits per heavy atom. The van der Waals surface area contributed by atoms with Gasteiger partial charge >= 0.3 is 5.97 Å². The molecule has 35 heavy (non-hydrogen) atoms. The molecule has 1 amide bonds. The normalized spacial score (nSPS) is 10.6. The summed E-state index contributed by atoms with van der Waals surface area (Å²) in [6, 6.07) is 25.2. The van der Waals surface area contributed by atoms with E-state index in [2.05, 4.69) is 10.4 Å². The Labute approximate surface area is 206 Å². The molecule has 0 aliphatic rings. The summed E-state index contributed by atoms with van der Waals surface area (Å²) in [5.74, 6) is -1.17. The van der Waals surface area contributed by atoms with Gasteiger partial charge in [-0.15, -0.1) is 0 Å². The molecule has 1 aromatic heterocycles. The number of carbonyl (C=O) groups excluding carboxylic acids is 2. The number of nitriles is 1. The number of amides is 1. The number of nitrogens with zero attached hydrogens (tertiary/aromatic N) is 3. The first-order valence-corrected chi connectivity index (χ1v) is 11.0. The third-order valence-electron chi connectivity index (χ3n) is 4.90. The molecule has 1 heterocycles. The fraction of sp³-hybridized carbons (Fsp3) is 0.0370. The van der Waals surface area contributed by atoms with Crippen LogP contribution in [-0.4, -0.2) is 28.3 Å². The second-order valence-electron chi connectivity index (χ2n) is 7.40. The van der Waals surface area contributed by atoms with Crippen molar-refractivity contribution in [2.75, 3.05) is 11.9 Å². The monoisotopic (exact) mass is 482 g/mol. The van der Waals surface area contributed by atoms with Crippen molar-refractivity contribution in [2.24, 2.45) is 0 Å². The van der Waals surface area contributed by atoms with Crippen LogP contribution in [0.15, 0.2) is 91.1 Å². The number of carbonyl (C=O) groups is 2. The zero-order chi connectivity index (χ0) is 24.6. The minimum absolute atomic E-state index is 0.451. The van der Waals surface area contributed by atoms with Gasteiger partial charge in [0.1, 0.15) is 5.69 Å². The summed E-state index contributed by atoms with van der Waals surface area (Å²) < 4.78 is 6.77. The summed E-state index contributed by atoms with van der Waals surface area (Å²) in [5, 5.41) is 16.7. The van der Waals surface area contributed by atoms with Gasteiger partial charge in [-0.25, -0.2) is 9.48 Å². The summed E-state index contributed by atoms with van der Waals surface area (Å²) in [5.41, 5.74) is 3.95. The molecule has 4 rings (SSSR count). The lowest BCUT2D eigenvalue weighted by molar-refractivity contribution is -0.142. The molecule has 1 N–H and O–H groups in total. The van der Waals surface area contributed by atoms with Crippen LogP contribution in [0.4, 0.5) is 5.69 Å². The molecule has 4 aromatic rings. The molecule has 0 aliphatic carbocycles. The molecule has 0 spiro atoms. The van der Waals surface area contributed by atoms with Gasteiger partial charge in [-0.2, -0.15) is 10.4 Å². The number of hydrogen-bond acceptors (Lipinski definition) is 5. The second-order valence-corrected chi connectivity index (χ2v) is 7.84. The van der Waals surface area contributed by atoms with Crippen LogP contribution in [-0.2, 0) is 14.3 Å². The lowest BCUT2D eigenvalue weighted by Gasteiger charge is -2.05. The highest BCUT2D eigenvalue weighted by molar-refractivity contribution is 6.30. The van der Waals surface area contributed by atoms with Crippen LogP contribution in [0.5, 0.6) is 0 Å². The summed E-state index contributed by atoms with van der Waals surface area (Å²) in [6.45, 7) is -0.451. The van der Waals surface area contributed by atoms with Crippen LogP contribution in [0.2, 0.25) is 5.02 Å². The molecule has 0 saturated heterocycles. The standard InChI is InChI=1S/C27H19ClN4O3/c28-22-6-4-5-20(15-22)27-21(17-32(31-27)24-7-2-1-3-8-24)11-14-26(34)35-18-25(33)30-23-12-9-19(16-29)10-13-23/h1-15,17H,18H2,(H,30,33). The maximum Gasteiger partial charge on any atom is 0.331 e. The predicted molar refractivity (Wildman–Crippen MR) is 134 cm³/mol. The average molecular weight is 483 g/mol. The maximum atomic E-state index is 12.3. The Balaban J connectivity index is 1.46. The van der Waals surface area contributed by atoms with Gasteiger partial charge in [0, 0.05) is 34.1 Å². The highest BCUT2D eigenvalue weighted by Gasteiger charge is 2.12. The number of hydrogen-bond donors (Lipinski definition) is 1. The van der Waals surface area contributed by atoms with E-state index < -0.39 is 18.5 Å². The third kappa shape index (κ3) is 6.22. The number of halogens is 1. The number of para-hydroxylation sites is 1. The number of benzene rings is 3. The lowest BCUT2D eigenvalue weighted by atomic mass is 10.1. The number of nitrogens with one attached hydrogen (secondary N) is 1. The van der Waals surface area contributed by atoms with Gasteiger partial charge in [0.2, 0.25) is 0 Å². The molecular formula is C27H19ClN4O3. The molecule has 0 fully saturated rings. The topological polar surface area (TPSA) is 97.0 Å². The minimum atomic E-state index is -0.676. The van der Waals surface area contributed by atoms with Gasteiger partial charge in [-0.05, 0) is 54.6 Å². The van der Waals surface area contributed by atoms with Crippen molar-refractivity contribution in [1.29, 1.82) is 5.26 Å². The van der Waals surface area contributed by atoms with Crippen molar-refractivity contribution < 1.29 is 14.3 Å². The van der Waals surface area contributed by atoms with Gasteiger partial charge in [0.25, 0.3) is 5.91 Å². The van der Waals surface area contributed by atoms with Gasteiger partial charge in [0.05, 0.1) is 17.3 Å². The van der Waals surface area contributed by atoms with E-state index in [0.717, 1.165) is 11.3 Å². The molecule has 0 unspecified atom stereocenters. The molecule has 0 aliphatic heterocycles. The Hall–Kier alpha value is -4.67. The first-order valence-electron chi connectivity index (χ1n) is 10.6. The van der Waals surface area contributed by atoms with Crippen molar-refractivity contribution in [3.8, 4) is 23.0 Å². The molecule has 7 nitrogen and oxygen atoms in total. The van der Waals surface area contributed by atoms with Gasteiger partial charge in [0.15, 0.2) is 6.61 Å². The lowest BCUT2D eigenvalue weighted by Crippen LogP contribution is -2.20. The predicted octanol–water partition coefficient (Wildman–Crippen LogP) is 5.26. The number of rotatable bonds is 7. The first-order chi connectivity index (χ1) is 17.0. The second kappa shape index (κ2) is 11.0. The summed E-state index contributed by atoms with van der Waals surface area (Å²) in [6.07, 6.45) is 4.63. The first kappa shape index (κ1) is 23.5. The quantitative estimate of drug-likeness (QED) is 0.286. The van der Waals surface area contributed by atoms with Crippen molar-refractivity contribution >= 4 is 35.2 Å². The fourth-order valence-electron chi connectivity index (χ4n) is 3.25. The van der Waals surface area contributed by atoms with Crippen molar-refractivity contribution in [3.63, 3.8) is 0 Å². The van der Waals surface area contributed by atoms with E-state index in [0.29, 0.717) is 27.5 Å². The van der Waals surface area contributed by atoms with Crippen LogP contribution in [0, 0.1) is 11.3 Å². The van der Waals surface area contributed by atoms with E-state index >= 15 is 0 Å². The Bertz CT molecular complexity index is 1420. The molecular weight excluding hydrogens is 464 g/mol. The molecule has 0 bridgehead atoms. The summed E-state index contributed by atoms with van der Waals surface area (Å²) in [7, 11) is 0. The van der Waals surface area contributed by atoms with E-state index in [1.807, 2.05) is 48.5 Å². The zero-order valence-electron chi connectivity index (χ0n) is 18.4. The Kier molecular flexibility index (Phi) is 7.36. The highest BCUT2D eigenvalue weighted by atomic mass is 35.5.